The molecule has 2 N–H and O–H groups in total. The van der Waals surface area contributed by atoms with E-state index < -0.39 is 0 Å². The van der Waals surface area contributed by atoms with E-state index in [-0.39, 0.29) is 6.04 Å². The number of benzene rings is 2. The van der Waals surface area contributed by atoms with Crippen molar-refractivity contribution < 1.29 is 9.47 Å². The second-order valence-electron chi connectivity index (χ2n) is 5.02. The molecule has 21 heavy (non-hydrogen) atoms. The fraction of sp³-hybridized carbons (Fsp3) is 0.294. The summed E-state index contributed by atoms with van der Waals surface area (Å²) in [6.07, 6.45) is 0.738. The number of nitrogens with two attached hydrogens (primary N) is 1. The van der Waals surface area contributed by atoms with Crippen LogP contribution in [-0.2, 0) is 6.42 Å². The summed E-state index contributed by atoms with van der Waals surface area (Å²) in [5.41, 5.74) is 9.68. The van der Waals surface area contributed by atoms with Crippen LogP contribution in [0.2, 0.25) is 0 Å². The maximum Gasteiger partial charge on any atom is 0.133 e. The summed E-state index contributed by atoms with van der Waals surface area (Å²) < 4.78 is 11.6. The van der Waals surface area contributed by atoms with Gasteiger partial charge in [0.2, 0.25) is 0 Å². The molecule has 4 heteroatoms. The minimum absolute atomic E-state index is 0.110. The highest BCUT2D eigenvalue weighted by molar-refractivity contribution is 9.10. The fourth-order valence-corrected chi connectivity index (χ4v) is 2.91. The third-order valence-electron chi connectivity index (χ3n) is 3.46. The Bertz CT molecular complexity index is 628. The predicted octanol–water partition coefficient (Wildman–Crippen LogP) is 4.02. The number of halogens is 1. The van der Waals surface area contributed by atoms with E-state index in [0.29, 0.717) is 0 Å². The van der Waals surface area contributed by atoms with Crippen LogP contribution in [0, 0.1) is 6.92 Å². The van der Waals surface area contributed by atoms with Crippen molar-refractivity contribution in [3.8, 4) is 11.5 Å². The van der Waals surface area contributed by atoms with Gasteiger partial charge in [-0.3, -0.25) is 0 Å². The summed E-state index contributed by atoms with van der Waals surface area (Å²) in [6.45, 7) is 2.04. The highest BCUT2D eigenvalue weighted by Gasteiger charge is 2.13. The van der Waals surface area contributed by atoms with E-state index in [9.17, 15) is 0 Å². The van der Waals surface area contributed by atoms with E-state index in [4.69, 9.17) is 15.2 Å². The minimum atomic E-state index is -0.110. The molecule has 2 aromatic rings. The first-order valence-electron chi connectivity index (χ1n) is 6.77. The van der Waals surface area contributed by atoms with Crippen LogP contribution in [0.15, 0.2) is 40.9 Å². The normalized spacial score (nSPS) is 12.0. The van der Waals surface area contributed by atoms with Crippen molar-refractivity contribution in [3.05, 3.63) is 57.6 Å². The van der Waals surface area contributed by atoms with Gasteiger partial charge in [0.1, 0.15) is 11.5 Å². The van der Waals surface area contributed by atoms with Gasteiger partial charge in [-0.2, -0.15) is 0 Å². The summed E-state index contributed by atoms with van der Waals surface area (Å²) in [5, 5.41) is 0. The molecular weight excluding hydrogens is 330 g/mol. The van der Waals surface area contributed by atoms with Gasteiger partial charge < -0.3 is 15.2 Å². The molecule has 0 aliphatic carbocycles. The Hall–Kier alpha value is -1.52. The lowest BCUT2D eigenvalue weighted by Gasteiger charge is -2.17. The number of hydrogen-bond acceptors (Lipinski definition) is 3. The molecule has 0 fully saturated rings. The predicted molar refractivity (Wildman–Crippen MR) is 89.1 cm³/mol. The van der Waals surface area contributed by atoms with Gasteiger partial charge in [0.25, 0.3) is 0 Å². The van der Waals surface area contributed by atoms with E-state index in [1.807, 2.05) is 37.3 Å². The molecule has 0 radical (unpaired) electrons. The summed E-state index contributed by atoms with van der Waals surface area (Å²) in [6, 6.07) is 12.0. The molecule has 0 amide bonds. The van der Waals surface area contributed by atoms with E-state index in [0.717, 1.165) is 39.1 Å². The van der Waals surface area contributed by atoms with Crippen molar-refractivity contribution in [2.24, 2.45) is 5.73 Å². The molecule has 0 saturated heterocycles. The number of hydrogen-bond donors (Lipinski definition) is 1. The van der Waals surface area contributed by atoms with Gasteiger partial charge in [-0.1, -0.05) is 18.2 Å². The third kappa shape index (κ3) is 3.77. The van der Waals surface area contributed by atoms with Crippen LogP contribution in [0.1, 0.15) is 22.7 Å². The topological polar surface area (TPSA) is 44.5 Å². The third-order valence-corrected chi connectivity index (χ3v) is 4.08. The Morgan fingerprint density at radius 2 is 1.76 bits per heavy atom. The van der Waals surface area contributed by atoms with Crippen molar-refractivity contribution in [1.29, 1.82) is 0 Å². The van der Waals surface area contributed by atoms with E-state index in [1.165, 1.54) is 0 Å². The fourth-order valence-electron chi connectivity index (χ4n) is 2.33. The Labute approximate surface area is 134 Å². The molecule has 3 nitrogen and oxygen atoms in total. The number of ether oxygens (including phenoxy) is 2. The van der Waals surface area contributed by atoms with Crippen LogP contribution >= 0.6 is 15.9 Å². The first-order valence-corrected chi connectivity index (χ1v) is 7.57. The Morgan fingerprint density at radius 3 is 2.38 bits per heavy atom. The molecule has 0 aliphatic heterocycles. The Kier molecular flexibility index (Phi) is 5.26. The molecule has 2 aromatic carbocycles. The Morgan fingerprint density at radius 1 is 1.05 bits per heavy atom. The van der Waals surface area contributed by atoms with E-state index in [2.05, 4.69) is 22.0 Å². The van der Waals surface area contributed by atoms with Crippen LogP contribution < -0.4 is 15.2 Å². The number of methoxy groups -OCH3 is 2. The SMILES string of the molecule is COc1ccc(CC(N)c2ccc(C)cc2OC)cc1Br. The lowest BCUT2D eigenvalue weighted by molar-refractivity contribution is 0.405. The van der Waals surface area contributed by atoms with Gasteiger partial charge in [-0.25, -0.2) is 0 Å². The minimum Gasteiger partial charge on any atom is -0.496 e. The molecule has 0 bridgehead atoms. The monoisotopic (exact) mass is 349 g/mol. The van der Waals surface area contributed by atoms with Crippen LogP contribution in [0.25, 0.3) is 0 Å². The number of rotatable bonds is 5. The van der Waals surface area contributed by atoms with Crippen molar-refractivity contribution in [1.82, 2.24) is 0 Å². The molecule has 2 rings (SSSR count). The smallest absolute Gasteiger partial charge is 0.133 e. The van der Waals surface area contributed by atoms with E-state index >= 15 is 0 Å². The van der Waals surface area contributed by atoms with Crippen molar-refractivity contribution in [2.75, 3.05) is 14.2 Å². The van der Waals surface area contributed by atoms with Crippen molar-refractivity contribution in [2.45, 2.75) is 19.4 Å². The van der Waals surface area contributed by atoms with Crippen LogP contribution in [-0.4, -0.2) is 14.2 Å². The molecule has 1 unspecified atom stereocenters. The molecule has 1 atom stereocenters. The van der Waals surface area contributed by atoms with Crippen LogP contribution in [0.4, 0.5) is 0 Å². The molecule has 0 aliphatic rings. The van der Waals surface area contributed by atoms with Gasteiger partial charge in [0, 0.05) is 11.6 Å². The van der Waals surface area contributed by atoms with Crippen molar-refractivity contribution in [3.63, 3.8) is 0 Å². The average molecular weight is 350 g/mol. The molecule has 0 aromatic heterocycles. The largest absolute Gasteiger partial charge is 0.496 e. The maximum atomic E-state index is 6.35. The summed E-state index contributed by atoms with van der Waals surface area (Å²) in [7, 11) is 3.33. The van der Waals surface area contributed by atoms with Gasteiger partial charge in [0.05, 0.1) is 18.7 Å². The van der Waals surface area contributed by atoms with Gasteiger partial charge in [0.15, 0.2) is 0 Å². The lowest BCUT2D eigenvalue weighted by Crippen LogP contribution is -2.14. The molecular formula is C17H20BrNO2. The molecule has 0 spiro atoms. The van der Waals surface area contributed by atoms with Crippen molar-refractivity contribution >= 4 is 15.9 Å². The first kappa shape index (κ1) is 15.9. The first-order chi connectivity index (χ1) is 10.0. The summed E-state index contributed by atoms with van der Waals surface area (Å²) in [5.74, 6) is 1.66. The van der Waals surface area contributed by atoms with Gasteiger partial charge in [-0.05, 0) is 58.6 Å². The highest BCUT2D eigenvalue weighted by atomic mass is 79.9. The zero-order valence-corrected chi connectivity index (χ0v) is 14.1. The second-order valence-corrected chi connectivity index (χ2v) is 5.88. The zero-order chi connectivity index (χ0) is 15.4. The highest BCUT2D eigenvalue weighted by Crippen LogP contribution is 2.30. The zero-order valence-electron chi connectivity index (χ0n) is 12.5. The second kappa shape index (κ2) is 6.96. The lowest BCUT2D eigenvalue weighted by atomic mass is 9.98. The van der Waals surface area contributed by atoms with Crippen LogP contribution in [0.5, 0.6) is 11.5 Å². The Balaban J connectivity index is 2.21. The van der Waals surface area contributed by atoms with Crippen LogP contribution in [0.3, 0.4) is 0 Å². The number of aryl methyl sites for hydroxylation is 1. The maximum absolute atomic E-state index is 6.35. The van der Waals surface area contributed by atoms with Gasteiger partial charge in [-0.15, -0.1) is 0 Å². The molecule has 0 saturated carbocycles. The summed E-state index contributed by atoms with van der Waals surface area (Å²) in [4.78, 5) is 0. The quantitative estimate of drug-likeness (QED) is 0.886. The summed E-state index contributed by atoms with van der Waals surface area (Å²) >= 11 is 3.50. The molecule has 112 valence electrons. The molecule has 0 heterocycles. The standard InChI is InChI=1S/C17H20BrNO2/c1-11-4-6-13(17(8-11)21-3)15(19)10-12-5-7-16(20-2)14(18)9-12/h4-9,15H,10,19H2,1-3H3. The van der Waals surface area contributed by atoms with E-state index in [1.54, 1.807) is 14.2 Å². The average Bonchev–Trinajstić information content (AvgIpc) is 2.47. The van der Waals surface area contributed by atoms with Gasteiger partial charge >= 0.3 is 0 Å².